The smallest absolute Gasteiger partial charge is 0.132 e. The average Bonchev–Trinajstić information content (AvgIpc) is 2.28. The van der Waals surface area contributed by atoms with Crippen molar-refractivity contribution in [1.29, 1.82) is 5.26 Å². The highest BCUT2D eigenvalue weighted by Gasteiger charge is 2.00. The first-order valence-electron chi connectivity index (χ1n) is 5.18. The van der Waals surface area contributed by atoms with Crippen molar-refractivity contribution < 1.29 is 5.11 Å². The maximum atomic E-state index is 8.74. The normalized spacial score (nSPS) is 9.81. The van der Waals surface area contributed by atoms with Crippen LogP contribution in [0.2, 0.25) is 5.15 Å². The van der Waals surface area contributed by atoms with Crippen molar-refractivity contribution in [2.24, 2.45) is 0 Å². The van der Waals surface area contributed by atoms with E-state index in [-0.39, 0.29) is 6.61 Å². The summed E-state index contributed by atoms with van der Waals surface area (Å²) in [6.07, 6.45) is 2.74. The highest BCUT2D eigenvalue weighted by Crippen LogP contribution is 2.13. The minimum Gasteiger partial charge on any atom is -0.396 e. The molecule has 0 radical (unpaired) electrons. The number of halogens is 1. The van der Waals surface area contributed by atoms with Crippen LogP contribution >= 0.6 is 11.6 Å². The summed E-state index contributed by atoms with van der Waals surface area (Å²) in [5.41, 5.74) is 0.498. The molecule has 1 heterocycles. The third-order valence-corrected chi connectivity index (χ3v) is 2.26. The van der Waals surface area contributed by atoms with Gasteiger partial charge in [-0.25, -0.2) is 4.98 Å². The predicted octanol–water partition coefficient (Wildman–Crippen LogP) is 2.18. The van der Waals surface area contributed by atoms with Crippen LogP contribution in [0.5, 0.6) is 0 Å². The lowest BCUT2D eigenvalue weighted by molar-refractivity contribution is 0.283. The van der Waals surface area contributed by atoms with Gasteiger partial charge in [-0.05, 0) is 31.4 Å². The number of aliphatic hydroxyl groups is 1. The van der Waals surface area contributed by atoms with E-state index in [1.165, 1.54) is 6.07 Å². The Morgan fingerprint density at radius 3 is 2.88 bits per heavy atom. The van der Waals surface area contributed by atoms with E-state index < -0.39 is 0 Å². The van der Waals surface area contributed by atoms with Gasteiger partial charge in [0.1, 0.15) is 11.0 Å². The van der Waals surface area contributed by atoms with Crippen LogP contribution in [0.4, 0.5) is 5.82 Å². The second-order valence-electron chi connectivity index (χ2n) is 3.39. The number of anilines is 1. The number of hydrogen-bond donors (Lipinski definition) is 2. The Kier molecular flexibility index (Phi) is 5.62. The summed E-state index contributed by atoms with van der Waals surface area (Å²) in [6.45, 7) is 0.992. The molecule has 4 nitrogen and oxygen atoms in total. The third-order valence-electron chi connectivity index (χ3n) is 2.06. The number of nitrogens with zero attached hydrogens (tertiary/aromatic N) is 2. The minimum atomic E-state index is 0.230. The maximum absolute atomic E-state index is 8.74. The molecule has 0 aliphatic heterocycles. The molecule has 0 amide bonds. The molecule has 0 unspecified atom stereocenters. The van der Waals surface area contributed by atoms with E-state index in [1.54, 1.807) is 6.07 Å². The van der Waals surface area contributed by atoms with Crippen molar-refractivity contribution in [2.75, 3.05) is 18.5 Å². The highest BCUT2D eigenvalue weighted by atomic mass is 35.5. The van der Waals surface area contributed by atoms with Crippen LogP contribution in [-0.2, 0) is 0 Å². The van der Waals surface area contributed by atoms with Crippen molar-refractivity contribution in [1.82, 2.24) is 4.98 Å². The summed E-state index contributed by atoms with van der Waals surface area (Å²) in [4.78, 5) is 4.05. The molecule has 1 aromatic rings. The van der Waals surface area contributed by atoms with Gasteiger partial charge in [-0.15, -0.1) is 0 Å². The van der Waals surface area contributed by atoms with E-state index >= 15 is 0 Å². The van der Waals surface area contributed by atoms with Crippen molar-refractivity contribution in [3.05, 3.63) is 22.8 Å². The van der Waals surface area contributed by atoms with Crippen LogP contribution in [0.15, 0.2) is 12.1 Å². The fourth-order valence-corrected chi connectivity index (χ4v) is 1.49. The number of unbranched alkanes of at least 4 members (excludes halogenated alkanes) is 2. The van der Waals surface area contributed by atoms with Gasteiger partial charge in [-0.1, -0.05) is 11.6 Å². The molecule has 0 aliphatic carbocycles. The molecule has 1 aromatic heterocycles. The first-order chi connectivity index (χ1) is 7.76. The molecule has 86 valence electrons. The Bertz CT molecular complexity index is 376. The monoisotopic (exact) mass is 239 g/mol. The zero-order valence-corrected chi connectivity index (χ0v) is 9.67. The summed E-state index contributed by atoms with van der Waals surface area (Å²) in [5.74, 6) is 0.619. The van der Waals surface area contributed by atoms with Gasteiger partial charge in [0.2, 0.25) is 0 Å². The topological polar surface area (TPSA) is 68.9 Å². The Morgan fingerprint density at radius 1 is 1.38 bits per heavy atom. The van der Waals surface area contributed by atoms with E-state index in [1.807, 2.05) is 6.07 Å². The number of pyridine rings is 1. The molecule has 0 bridgehead atoms. The minimum absolute atomic E-state index is 0.230. The number of nitrogens with one attached hydrogen (secondary N) is 1. The Morgan fingerprint density at radius 2 is 2.19 bits per heavy atom. The van der Waals surface area contributed by atoms with Gasteiger partial charge in [0.15, 0.2) is 0 Å². The number of rotatable bonds is 6. The number of hydrogen-bond acceptors (Lipinski definition) is 4. The van der Waals surface area contributed by atoms with Gasteiger partial charge in [-0.3, -0.25) is 0 Å². The first kappa shape index (κ1) is 12.8. The standard InChI is InChI=1S/C11H14ClN3O/c12-10-6-9(8-13)7-11(15-10)14-4-2-1-3-5-16/h6-7,16H,1-5H2,(H,14,15). The van der Waals surface area contributed by atoms with Crippen molar-refractivity contribution in [2.45, 2.75) is 19.3 Å². The van der Waals surface area contributed by atoms with Gasteiger partial charge in [0.05, 0.1) is 11.6 Å². The van der Waals surface area contributed by atoms with Crippen molar-refractivity contribution >= 4 is 17.4 Å². The molecule has 0 atom stereocenters. The first-order valence-corrected chi connectivity index (χ1v) is 5.56. The summed E-state index contributed by atoms with van der Waals surface area (Å²) in [7, 11) is 0. The Hall–Kier alpha value is -1.31. The van der Waals surface area contributed by atoms with Gasteiger partial charge in [0.25, 0.3) is 0 Å². The zero-order chi connectivity index (χ0) is 11.8. The molecule has 0 saturated heterocycles. The molecule has 16 heavy (non-hydrogen) atoms. The SMILES string of the molecule is N#Cc1cc(Cl)nc(NCCCCCO)c1. The van der Waals surface area contributed by atoms with E-state index in [4.69, 9.17) is 22.0 Å². The average molecular weight is 240 g/mol. The van der Waals surface area contributed by atoms with E-state index in [0.717, 1.165) is 25.8 Å². The molecule has 0 aromatic carbocycles. The lowest BCUT2D eigenvalue weighted by atomic mass is 10.2. The van der Waals surface area contributed by atoms with Crippen LogP contribution in [0.25, 0.3) is 0 Å². The second-order valence-corrected chi connectivity index (χ2v) is 3.77. The third kappa shape index (κ3) is 4.47. The fourth-order valence-electron chi connectivity index (χ4n) is 1.28. The molecule has 5 heteroatoms. The largest absolute Gasteiger partial charge is 0.396 e. The molecule has 0 spiro atoms. The fraction of sp³-hybridized carbons (Fsp3) is 0.455. The van der Waals surface area contributed by atoms with Gasteiger partial charge in [0, 0.05) is 13.2 Å². The predicted molar refractivity (Wildman–Crippen MR) is 63.4 cm³/mol. The highest BCUT2D eigenvalue weighted by molar-refractivity contribution is 6.29. The van der Waals surface area contributed by atoms with Crippen LogP contribution in [0.1, 0.15) is 24.8 Å². The van der Waals surface area contributed by atoms with Crippen molar-refractivity contribution in [3.63, 3.8) is 0 Å². The van der Waals surface area contributed by atoms with Crippen LogP contribution < -0.4 is 5.32 Å². The van der Waals surface area contributed by atoms with Crippen molar-refractivity contribution in [3.8, 4) is 6.07 Å². The van der Waals surface area contributed by atoms with E-state index in [9.17, 15) is 0 Å². The Balaban J connectivity index is 2.42. The van der Waals surface area contributed by atoms with E-state index in [2.05, 4.69) is 10.3 Å². The molecule has 0 saturated carbocycles. The van der Waals surface area contributed by atoms with Crippen LogP contribution in [0, 0.1) is 11.3 Å². The lowest BCUT2D eigenvalue weighted by Crippen LogP contribution is -2.04. The molecular formula is C11H14ClN3O. The Labute approximate surface area is 99.9 Å². The summed E-state index contributed by atoms with van der Waals surface area (Å²) < 4.78 is 0. The summed E-state index contributed by atoms with van der Waals surface area (Å²) >= 11 is 5.76. The molecule has 0 aliphatic rings. The summed E-state index contributed by atoms with van der Waals surface area (Å²) in [5, 5.41) is 20.7. The quantitative estimate of drug-likeness (QED) is 0.590. The lowest BCUT2D eigenvalue weighted by Gasteiger charge is -2.05. The molecule has 0 fully saturated rings. The second kappa shape index (κ2) is 7.04. The summed E-state index contributed by atoms with van der Waals surface area (Å²) in [6, 6.07) is 5.21. The zero-order valence-electron chi connectivity index (χ0n) is 8.91. The van der Waals surface area contributed by atoms with Gasteiger partial charge >= 0.3 is 0 Å². The van der Waals surface area contributed by atoms with Crippen LogP contribution in [0.3, 0.4) is 0 Å². The van der Waals surface area contributed by atoms with Gasteiger partial charge in [-0.2, -0.15) is 5.26 Å². The molecular weight excluding hydrogens is 226 g/mol. The van der Waals surface area contributed by atoms with E-state index in [0.29, 0.717) is 16.5 Å². The molecule has 2 N–H and O–H groups in total. The van der Waals surface area contributed by atoms with Gasteiger partial charge < -0.3 is 10.4 Å². The van der Waals surface area contributed by atoms with Crippen LogP contribution in [-0.4, -0.2) is 23.2 Å². The maximum Gasteiger partial charge on any atom is 0.132 e. The number of aliphatic hydroxyl groups excluding tert-OH is 1. The number of nitriles is 1. The number of aromatic nitrogens is 1. The molecule has 1 rings (SSSR count).